The van der Waals surface area contributed by atoms with E-state index in [0.29, 0.717) is 0 Å². The van der Waals surface area contributed by atoms with E-state index in [2.05, 4.69) is 23.9 Å². The Kier molecular flexibility index (Phi) is 5.15. The zero-order valence-corrected chi connectivity index (χ0v) is 12.2. The second-order valence-electron chi connectivity index (χ2n) is 5.60. The minimum absolute atomic E-state index is 0.175. The maximum absolute atomic E-state index is 10.1. The maximum atomic E-state index is 10.1. The number of aryl methyl sites for hydroxylation is 1. The summed E-state index contributed by atoms with van der Waals surface area (Å²) < 4.78 is 0. The molecule has 1 atom stereocenters. The molecule has 0 saturated heterocycles. The Hall–Kier alpha value is -0.450. The summed E-state index contributed by atoms with van der Waals surface area (Å²) in [5, 5.41) is 10.1. The van der Waals surface area contributed by atoms with Crippen LogP contribution in [0.4, 0.5) is 0 Å². The standard InChI is InChI=1S/C14H24N2OS/c1-11-14(18-10-15-11)9-16(2)8-13(17)7-12-5-3-4-6-12/h10,12-13,17H,3-9H2,1-2H3. The predicted octanol–water partition coefficient (Wildman–Crippen LogP) is 2.82. The summed E-state index contributed by atoms with van der Waals surface area (Å²) in [6.07, 6.45) is 6.14. The number of hydrogen-bond acceptors (Lipinski definition) is 4. The molecule has 1 saturated carbocycles. The van der Waals surface area contributed by atoms with Crippen LogP contribution in [0.2, 0.25) is 0 Å². The van der Waals surface area contributed by atoms with Crippen molar-refractivity contribution in [3.05, 3.63) is 16.1 Å². The number of hydrogen-bond donors (Lipinski definition) is 1. The monoisotopic (exact) mass is 268 g/mol. The molecule has 1 unspecified atom stereocenters. The van der Waals surface area contributed by atoms with E-state index in [1.807, 2.05) is 5.51 Å². The highest BCUT2D eigenvalue weighted by atomic mass is 32.1. The Balaban J connectivity index is 1.73. The summed E-state index contributed by atoms with van der Waals surface area (Å²) in [6, 6.07) is 0. The Morgan fingerprint density at radius 1 is 1.50 bits per heavy atom. The van der Waals surface area contributed by atoms with Crippen molar-refractivity contribution in [2.24, 2.45) is 5.92 Å². The summed E-state index contributed by atoms with van der Waals surface area (Å²) in [5.41, 5.74) is 3.02. The Bertz CT molecular complexity index is 360. The molecule has 0 aromatic carbocycles. The van der Waals surface area contributed by atoms with Gasteiger partial charge in [0.25, 0.3) is 0 Å². The van der Waals surface area contributed by atoms with Crippen LogP contribution in [0.3, 0.4) is 0 Å². The fourth-order valence-electron chi connectivity index (χ4n) is 2.85. The minimum atomic E-state index is -0.175. The highest BCUT2D eigenvalue weighted by molar-refractivity contribution is 7.09. The van der Waals surface area contributed by atoms with Gasteiger partial charge in [-0.3, -0.25) is 4.90 Å². The molecule has 18 heavy (non-hydrogen) atoms. The molecule has 1 aliphatic rings. The number of aromatic nitrogens is 1. The van der Waals surface area contributed by atoms with Crippen molar-refractivity contribution in [3.63, 3.8) is 0 Å². The van der Waals surface area contributed by atoms with Gasteiger partial charge in [-0.25, -0.2) is 4.98 Å². The average Bonchev–Trinajstić information content (AvgIpc) is 2.91. The van der Waals surface area contributed by atoms with Gasteiger partial charge in [-0.05, 0) is 26.3 Å². The van der Waals surface area contributed by atoms with E-state index in [4.69, 9.17) is 0 Å². The Morgan fingerprint density at radius 3 is 2.83 bits per heavy atom. The van der Waals surface area contributed by atoms with Crippen LogP contribution in [0.5, 0.6) is 0 Å². The van der Waals surface area contributed by atoms with E-state index in [9.17, 15) is 5.11 Å². The van der Waals surface area contributed by atoms with E-state index in [1.165, 1.54) is 30.6 Å². The third kappa shape index (κ3) is 4.04. The summed E-state index contributed by atoms with van der Waals surface area (Å²) >= 11 is 1.70. The Labute approximate surface area is 114 Å². The fourth-order valence-corrected chi connectivity index (χ4v) is 3.71. The highest BCUT2D eigenvalue weighted by Crippen LogP contribution is 2.28. The van der Waals surface area contributed by atoms with Crippen molar-refractivity contribution in [1.29, 1.82) is 0 Å². The van der Waals surface area contributed by atoms with Crippen LogP contribution < -0.4 is 0 Å². The van der Waals surface area contributed by atoms with Gasteiger partial charge in [0, 0.05) is 18.0 Å². The maximum Gasteiger partial charge on any atom is 0.0798 e. The van der Waals surface area contributed by atoms with Crippen LogP contribution in [0.25, 0.3) is 0 Å². The van der Waals surface area contributed by atoms with Crippen LogP contribution in [0.1, 0.15) is 42.7 Å². The molecule has 1 aromatic heterocycles. The number of aliphatic hydroxyl groups is 1. The van der Waals surface area contributed by atoms with Crippen molar-refractivity contribution in [3.8, 4) is 0 Å². The van der Waals surface area contributed by atoms with Gasteiger partial charge in [-0.15, -0.1) is 11.3 Å². The molecule has 0 bridgehead atoms. The molecule has 3 nitrogen and oxygen atoms in total. The lowest BCUT2D eigenvalue weighted by molar-refractivity contribution is 0.0997. The first-order chi connectivity index (χ1) is 8.65. The summed E-state index contributed by atoms with van der Waals surface area (Å²) in [4.78, 5) is 7.78. The number of likely N-dealkylation sites (N-methyl/N-ethyl adjacent to an activating group) is 1. The van der Waals surface area contributed by atoms with Gasteiger partial charge < -0.3 is 5.11 Å². The Morgan fingerprint density at radius 2 is 2.22 bits per heavy atom. The molecule has 0 radical (unpaired) electrons. The van der Waals surface area contributed by atoms with Crippen molar-refractivity contribution < 1.29 is 5.11 Å². The lowest BCUT2D eigenvalue weighted by atomic mass is 10.00. The number of rotatable bonds is 6. The van der Waals surface area contributed by atoms with E-state index < -0.39 is 0 Å². The van der Waals surface area contributed by atoms with Gasteiger partial charge >= 0.3 is 0 Å². The van der Waals surface area contributed by atoms with Crippen molar-refractivity contribution >= 4 is 11.3 Å². The van der Waals surface area contributed by atoms with Gasteiger partial charge in [0.15, 0.2) is 0 Å². The SMILES string of the molecule is Cc1ncsc1CN(C)CC(O)CC1CCCC1. The van der Waals surface area contributed by atoms with Gasteiger partial charge in [-0.1, -0.05) is 25.7 Å². The van der Waals surface area contributed by atoms with Gasteiger partial charge in [0.1, 0.15) is 0 Å². The first kappa shape index (κ1) is 14.0. The molecule has 1 aromatic rings. The molecule has 0 spiro atoms. The zero-order valence-electron chi connectivity index (χ0n) is 11.4. The first-order valence-electron chi connectivity index (χ1n) is 6.90. The number of nitrogens with zero attached hydrogens (tertiary/aromatic N) is 2. The molecule has 2 rings (SSSR count). The highest BCUT2D eigenvalue weighted by Gasteiger charge is 2.19. The number of aliphatic hydroxyl groups excluding tert-OH is 1. The molecule has 0 amide bonds. The van der Waals surface area contributed by atoms with Crippen LogP contribution in [-0.2, 0) is 6.54 Å². The lowest BCUT2D eigenvalue weighted by Crippen LogP contribution is -2.30. The topological polar surface area (TPSA) is 36.4 Å². The van der Waals surface area contributed by atoms with Gasteiger partial charge in [0.2, 0.25) is 0 Å². The quantitative estimate of drug-likeness (QED) is 0.862. The van der Waals surface area contributed by atoms with E-state index >= 15 is 0 Å². The smallest absolute Gasteiger partial charge is 0.0798 e. The van der Waals surface area contributed by atoms with Crippen molar-refractivity contribution in [2.45, 2.75) is 51.7 Å². The van der Waals surface area contributed by atoms with Crippen LogP contribution in [0.15, 0.2) is 5.51 Å². The largest absolute Gasteiger partial charge is 0.392 e. The van der Waals surface area contributed by atoms with E-state index in [0.717, 1.165) is 31.1 Å². The molecule has 102 valence electrons. The first-order valence-corrected chi connectivity index (χ1v) is 7.78. The molecule has 1 fully saturated rings. The van der Waals surface area contributed by atoms with E-state index in [1.54, 1.807) is 11.3 Å². The fraction of sp³-hybridized carbons (Fsp3) is 0.786. The molecular formula is C14H24N2OS. The second kappa shape index (κ2) is 6.64. The van der Waals surface area contributed by atoms with Crippen LogP contribution in [0, 0.1) is 12.8 Å². The van der Waals surface area contributed by atoms with E-state index in [-0.39, 0.29) is 6.10 Å². The van der Waals surface area contributed by atoms with Crippen LogP contribution in [-0.4, -0.2) is 34.7 Å². The second-order valence-corrected chi connectivity index (χ2v) is 6.54. The van der Waals surface area contributed by atoms with Crippen LogP contribution >= 0.6 is 11.3 Å². The third-order valence-electron chi connectivity index (χ3n) is 3.86. The molecule has 1 aliphatic carbocycles. The molecule has 4 heteroatoms. The van der Waals surface area contributed by atoms with Gasteiger partial charge in [-0.2, -0.15) is 0 Å². The summed E-state index contributed by atoms with van der Waals surface area (Å²) in [7, 11) is 2.08. The predicted molar refractivity (Wildman–Crippen MR) is 75.8 cm³/mol. The average molecular weight is 268 g/mol. The molecule has 1 N–H and O–H groups in total. The normalized spacial score (nSPS) is 18.7. The summed E-state index contributed by atoms with van der Waals surface area (Å²) in [6.45, 7) is 3.72. The molecule has 0 aliphatic heterocycles. The van der Waals surface area contributed by atoms with Crippen molar-refractivity contribution in [1.82, 2.24) is 9.88 Å². The lowest BCUT2D eigenvalue weighted by Gasteiger charge is -2.22. The summed E-state index contributed by atoms with van der Waals surface area (Å²) in [5.74, 6) is 0.763. The van der Waals surface area contributed by atoms with Gasteiger partial charge in [0.05, 0.1) is 17.3 Å². The third-order valence-corrected chi connectivity index (χ3v) is 4.78. The van der Waals surface area contributed by atoms with Crippen molar-refractivity contribution in [2.75, 3.05) is 13.6 Å². The molecule has 1 heterocycles. The minimum Gasteiger partial charge on any atom is -0.392 e. The molecular weight excluding hydrogens is 244 g/mol. The zero-order chi connectivity index (χ0) is 13.0. The number of thiazole rings is 1.